The Hall–Kier alpha value is -0.610. The van der Waals surface area contributed by atoms with E-state index in [1.54, 1.807) is 24.0 Å². The van der Waals surface area contributed by atoms with Gasteiger partial charge in [-0.3, -0.25) is 4.98 Å². The summed E-state index contributed by atoms with van der Waals surface area (Å²) in [6, 6.07) is 1.41. The van der Waals surface area contributed by atoms with Crippen LogP contribution in [-0.2, 0) is 0 Å². The lowest BCUT2D eigenvalue weighted by Gasteiger charge is -2.14. The molecule has 2 N–H and O–H groups in total. The van der Waals surface area contributed by atoms with Gasteiger partial charge in [-0.25, -0.2) is 4.39 Å². The Labute approximate surface area is 94.5 Å². The maximum atomic E-state index is 13.3. The van der Waals surface area contributed by atoms with Gasteiger partial charge in [0.2, 0.25) is 0 Å². The van der Waals surface area contributed by atoms with Crippen LogP contribution in [0.1, 0.15) is 31.9 Å². The van der Waals surface area contributed by atoms with Crippen molar-refractivity contribution in [3.63, 3.8) is 0 Å². The molecule has 0 saturated carbocycles. The molecule has 0 spiro atoms. The van der Waals surface area contributed by atoms with E-state index in [1.807, 2.05) is 0 Å². The first-order valence-electron chi connectivity index (χ1n) is 5.11. The van der Waals surface area contributed by atoms with E-state index in [0.29, 0.717) is 10.8 Å². The fourth-order valence-electron chi connectivity index (χ4n) is 1.16. The Balaban J connectivity index is 2.54. The molecule has 1 aromatic rings. The number of hydrogen-bond acceptors (Lipinski definition) is 3. The van der Waals surface area contributed by atoms with Crippen molar-refractivity contribution in [2.45, 2.75) is 31.6 Å². The Morgan fingerprint density at radius 1 is 1.60 bits per heavy atom. The molecule has 4 heteroatoms. The Morgan fingerprint density at radius 2 is 2.33 bits per heavy atom. The number of nitrogens with zero attached hydrogens (tertiary/aromatic N) is 1. The molecule has 0 aliphatic rings. The van der Waals surface area contributed by atoms with Gasteiger partial charge in [-0.15, -0.1) is 0 Å². The summed E-state index contributed by atoms with van der Waals surface area (Å²) in [7, 11) is 0. The second-order valence-corrected chi connectivity index (χ2v) is 5.03. The predicted octanol–water partition coefficient (Wildman–Crippen LogP) is 2.75. The quantitative estimate of drug-likeness (QED) is 0.842. The number of rotatable bonds is 5. The first kappa shape index (κ1) is 12.5. The van der Waals surface area contributed by atoms with Gasteiger partial charge in [-0.1, -0.05) is 13.8 Å². The molecule has 0 bridgehead atoms. The molecule has 0 aromatic carbocycles. The van der Waals surface area contributed by atoms with Gasteiger partial charge in [0, 0.05) is 28.8 Å². The number of thioether (sulfide) groups is 1. The number of pyridine rings is 1. The Kier molecular flexibility index (Phi) is 5.05. The van der Waals surface area contributed by atoms with Crippen LogP contribution in [0.2, 0.25) is 0 Å². The summed E-state index contributed by atoms with van der Waals surface area (Å²) in [6.07, 6.45) is 3.89. The normalized spacial score (nSPS) is 14.9. The SMILES string of the molecule is CCC(C)SCC(N)c1ccncc1F. The van der Waals surface area contributed by atoms with E-state index in [0.717, 1.165) is 12.2 Å². The predicted molar refractivity (Wildman–Crippen MR) is 63.3 cm³/mol. The summed E-state index contributed by atoms with van der Waals surface area (Å²) >= 11 is 1.78. The molecule has 1 rings (SSSR count). The molecule has 0 aliphatic heterocycles. The third-order valence-electron chi connectivity index (χ3n) is 2.34. The Bertz CT molecular complexity index is 306. The maximum Gasteiger partial charge on any atom is 0.146 e. The second kappa shape index (κ2) is 6.08. The van der Waals surface area contributed by atoms with Crippen LogP contribution in [0.5, 0.6) is 0 Å². The van der Waals surface area contributed by atoms with Crippen molar-refractivity contribution in [3.05, 3.63) is 29.8 Å². The van der Waals surface area contributed by atoms with Gasteiger partial charge in [0.25, 0.3) is 0 Å². The van der Waals surface area contributed by atoms with Gasteiger partial charge in [-0.05, 0) is 12.5 Å². The summed E-state index contributed by atoms with van der Waals surface area (Å²) in [5, 5.41) is 0.570. The molecule has 2 nitrogen and oxygen atoms in total. The largest absolute Gasteiger partial charge is 0.323 e. The number of hydrogen-bond donors (Lipinski definition) is 1. The maximum absolute atomic E-state index is 13.3. The van der Waals surface area contributed by atoms with E-state index in [2.05, 4.69) is 18.8 Å². The van der Waals surface area contributed by atoms with Gasteiger partial charge < -0.3 is 5.73 Å². The lowest BCUT2D eigenvalue weighted by molar-refractivity contribution is 0.589. The van der Waals surface area contributed by atoms with Crippen LogP contribution < -0.4 is 5.73 Å². The first-order valence-corrected chi connectivity index (χ1v) is 6.16. The second-order valence-electron chi connectivity index (χ2n) is 3.56. The van der Waals surface area contributed by atoms with Crippen molar-refractivity contribution >= 4 is 11.8 Å². The third kappa shape index (κ3) is 3.80. The molecule has 0 fully saturated rings. The zero-order chi connectivity index (χ0) is 11.3. The fraction of sp³-hybridized carbons (Fsp3) is 0.545. The van der Waals surface area contributed by atoms with Gasteiger partial charge in [0.1, 0.15) is 5.82 Å². The Morgan fingerprint density at radius 3 is 2.93 bits per heavy atom. The van der Waals surface area contributed by atoms with E-state index in [9.17, 15) is 4.39 Å². The third-order valence-corrected chi connectivity index (χ3v) is 3.79. The van der Waals surface area contributed by atoms with Crippen molar-refractivity contribution in [2.24, 2.45) is 5.73 Å². The van der Waals surface area contributed by atoms with Crippen molar-refractivity contribution < 1.29 is 4.39 Å². The molecule has 0 amide bonds. The highest BCUT2D eigenvalue weighted by molar-refractivity contribution is 7.99. The lowest BCUT2D eigenvalue weighted by Crippen LogP contribution is -2.16. The molecular formula is C11H17FN2S. The van der Waals surface area contributed by atoms with Crippen molar-refractivity contribution in [3.8, 4) is 0 Å². The number of nitrogens with two attached hydrogens (primary N) is 1. The molecule has 84 valence electrons. The molecule has 1 heterocycles. The van der Waals surface area contributed by atoms with Crippen LogP contribution in [0, 0.1) is 5.82 Å². The summed E-state index contributed by atoms with van der Waals surface area (Å²) < 4.78 is 13.3. The van der Waals surface area contributed by atoms with Crippen LogP contribution in [0.3, 0.4) is 0 Å². The monoisotopic (exact) mass is 228 g/mol. The lowest BCUT2D eigenvalue weighted by atomic mass is 10.1. The molecule has 2 atom stereocenters. The number of aromatic nitrogens is 1. The minimum Gasteiger partial charge on any atom is -0.323 e. The zero-order valence-corrected chi connectivity index (χ0v) is 9.93. The van der Waals surface area contributed by atoms with Crippen LogP contribution in [-0.4, -0.2) is 16.0 Å². The molecule has 2 unspecified atom stereocenters. The highest BCUT2D eigenvalue weighted by atomic mass is 32.2. The minimum absolute atomic E-state index is 0.244. The summed E-state index contributed by atoms with van der Waals surface area (Å²) in [6.45, 7) is 4.29. The van der Waals surface area contributed by atoms with Crippen molar-refractivity contribution in [1.29, 1.82) is 0 Å². The van der Waals surface area contributed by atoms with Crippen molar-refractivity contribution in [1.82, 2.24) is 4.98 Å². The van der Waals surface area contributed by atoms with E-state index in [4.69, 9.17) is 5.73 Å². The summed E-state index contributed by atoms with van der Waals surface area (Å²) in [5.74, 6) is 0.436. The highest BCUT2D eigenvalue weighted by Gasteiger charge is 2.12. The van der Waals surface area contributed by atoms with E-state index < -0.39 is 0 Å². The molecule has 0 saturated heterocycles. The van der Waals surface area contributed by atoms with Crippen molar-refractivity contribution in [2.75, 3.05) is 5.75 Å². The smallest absolute Gasteiger partial charge is 0.146 e. The minimum atomic E-state index is -0.310. The molecule has 15 heavy (non-hydrogen) atoms. The van der Waals surface area contributed by atoms with E-state index in [1.165, 1.54) is 6.20 Å². The summed E-state index contributed by atoms with van der Waals surface area (Å²) in [4.78, 5) is 3.70. The van der Waals surface area contributed by atoms with Crippen LogP contribution in [0.4, 0.5) is 4.39 Å². The van der Waals surface area contributed by atoms with Crippen LogP contribution in [0.15, 0.2) is 18.5 Å². The van der Waals surface area contributed by atoms with E-state index >= 15 is 0 Å². The van der Waals surface area contributed by atoms with Gasteiger partial charge in [-0.2, -0.15) is 11.8 Å². The molecule has 0 radical (unpaired) electrons. The van der Waals surface area contributed by atoms with Gasteiger partial charge >= 0.3 is 0 Å². The zero-order valence-electron chi connectivity index (χ0n) is 9.11. The molecule has 0 aliphatic carbocycles. The molecular weight excluding hydrogens is 211 g/mol. The van der Waals surface area contributed by atoms with Crippen LogP contribution in [0.25, 0.3) is 0 Å². The standard InChI is InChI=1S/C11H17FN2S/c1-3-8(2)15-7-11(13)9-4-5-14-6-10(9)12/h4-6,8,11H,3,7,13H2,1-2H3. The van der Waals surface area contributed by atoms with E-state index in [-0.39, 0.29) is 11.9 Å². The van der Waals surface area contributed by atoms with Crippen LogP contribution >= 0.6 is 11.8 Å². The number of halogens is 1. The van der Waals surface area contributed by atoms with Gasteiger partial charge in [0.05, 0.1) is 6.20 Å². The highest BCUT2D eigenvalue weighted by Crippen LogP contribution is 2.22. The van der Waals surface area contributed by atoms with Gasteiger partial charge in [0.15, 0.2) is 0 Å². The summed E-state index contributed by atoms with van der Waals surface area (Å²) in [5.41, 5.74) is 6.47. The molecule has 1 aromatic heterocycles. The average molecular weight is 228 g/mol. The topological polar surface area (TPSA) is 38.9 Å². The average Bonchev–Trinajstić information content (AvgIpc) is 2.26. The fourth-order valence-corrected chi connectivity index (χ4v) is 2.11. The first-order chi connectivity index (χ1) is 7.15.